The molecule has 0 aliphatic rings. The van der Waals surface area contributed by atoms with Crippen LogP contribution < -0.4 is 22.3 Å². The summed E-state index contributed by atoms with van der Waals surface area (Å²) in [5.74, 6) is 0. The molecule has 0 amide bonds. The summed E-state index contributed by atoms with van der Waals surface area (Å²) in [6, 6.07) is 24.6. The van der Waals surface area contributed by atoms with E-state index >= 15 is 0 Å². The largest absolute Gasteiger partial charge is 1.00 e. The van der Waals surface area contributed by atoms with Gasteiger partial charge in [-0.05, 0) is 23.8 Å². The summed E-state index contributed by atoms with van der Waals surface area (Å²) in [6.07, 6.45) is 8.15. The van der Waals surface area contributed by atoms with E-state index in [1.54, 1.807) is 0 Å². The van der Waals surface area contributed by atoms with Crippen LogP contribution in [0, 0.1) is 0 Å². The molecule has 0 bridgehead atoms. The summed E-state index contributed by atoms with van der Waals surface area (Å²) < 4.78 is 2.10. The molecule has 0 aliphatic carbocycles. The monoisotopic (exact) mass is 308 g/mol. The van der Waals surface area contributed by atoms with Crippen molar-refractivity contribution in [3.05, 3.63) is 97.0 Å². The Balaban J connectivity index is 0.00000176. The van der Waals surface area contributed by atoms with Gasteiger partial charge in [-0.15, -0.1) is 0 Å². The highest BCUT2D eigenvalue weighted by Crippen LogP contribution is 2.06. The van der Waals surface area contributed by atoms with Gasteiger partial charge in [0.1, 0.15) is 0 Å². The number of halogens is 1. The molecule has 2 aromatic carbocycles. The minimum absolute atomic E-state index is 0. The van der Waals surface area contributed by atoms with Crippen LogP contribution in [0.2, 0.25) is 0 Å². The molecule has 0 unspecified atom stereocenters. The molecule has 0 saturated carbocycles. The minimum Gasteiger partial charge on any atom is -1.00 e. The molecule has 3 rings (SSSR count). The zero-order valence-corrected chi connectivity index (χ0v) is 12.8. The maximum Gasteiger partial charge on any atom is 0.210 e. The molecule has 0 atom stereocenters. The van der Waals surface area contributed by atoms with E-state index in [2.05, 4.69) is 52.6 Å². The van der Waals surface area contributed by atoms with E-state index in [9.17, 15) is 0 Å². The van der Waals surface area contributed by atoms with Gasteiger partial charge in [-0.2, -0.15) is 4.57 Å². The Kier molecular flexibility index (Phi) is 5.75. The molecule has 3 aromatic rings. The number of nitrogens with zero attached hydrogens (tertiary/aromatic N) is 1. The van der Waals surface area contributed by atoms with Crippen molar-refractivity contribution in [2.24, 2.45) is 0 Å². The Labute approximate surface area is 137 Å². The molecule has 0 aliphatic heterocycles. The Hall–Kier alpha value is -2.58. The topological polar surface area (TPSA) is 15.9 Å². The third-order valence-corrected chi connectivity index (χ3v) is 3.21. The third-order valence-electron chi connectivity index (χ3n) is 3.21. The maximum absolute atomic E-state index is 3.25. The van der Waals surface area contributed by atoms with E-state index in [-0.39, 0.29) is 12.4 Å². The highest BCUT2D eigenvalue weighted by molar-refractivity contribution is 5.54. The van der Waals surface area contributed by atoms with Crippen molar-refractivity contribution in [2.75, 3.05) is 5.32 Å². The minimum atomic E-state index is 0. The number of hydrogen-bond acceptors (Lipinski definition) is 1. The molecule has 0 spiro atoms. The Morgan fingerprint density at radius 3 is 1.95 bits per heavy atom. The summed E-state index contributed by atoms with van der Waals surface area (Å²) in [5, 5.41) is 3.25. The number of para-hydroxylation sites is 2. The predicted octanol–water partition coefficient (Wildman–Crippen LogP) is 1.05. The smallest absolute Gasteiger partial charge is 0.210 e. The van der Waals surface area contributed by atoms with E-state index in [1.165, 1.54) is 0 Å². The van der Waals surface area contributed by atoms with Crippen LogP contribution in [-0.2, 0) is 0 Å². The van der Waals surface area contributed by atoms with Crippen LogP contribution in [0.15, 0.2) is 91.4 Å². The van der Waals surface area contributed by atoms with Crippen molar-refractivity contribution in [1.29, 1.82) is 0 Å². The highest BCUT2D eigenvalue weighted by atomic mass is 35.5. The number of anilines is 1. The van der Waals surface area contributed by atoms with E-state index < -0.39 is 0 Å². The van der Waals surface area contributed by atoms with Crippen LogP contribution >= 0.6 is 0 Å². The van der Waals surface area contributed by atoms with Gasteiger partial charge in [-0.3, -0.25) is 0 Å². The molecule has 2 nitrogen and oxygen atoms in total. The number of benzene rings is 2. The van der Waals surface area contributed by atoms with Crippen LogP contribution in [0.5, 0.6) is 0 Å². The lowest BCUT2D eigenvalue weighted by atomic mass is 10.2. The summed E-state index contributed by atoms with van der Waals surface area (Å²) in [5.41, 5.74) is 3.41. The number of hydrogen-bond donors (Lipinski definition) is 1. The number of aromatic nitrogens is 1. The summed E-state index contributed by atoms with van der Waals surface area (Å²) in [6.45, 7) is 0. The highest BCUT2D eigenvalue weighted by Gasteiger charge is 2.02. The second-order valence-corrected chi connectivity index (χ2v) is 4.72. The lowest BCUT2D eigenvalue weighted by Gasteiger charge is -1.99. The molecule has 0 radical (unpaired) electrons. The Morgan fingerprint density at radius 1 is 0.727 bits per heavy atom. The maximum atomic E-state index is 3.25. The van der Waals surface area contributed by atoms with Crippen molar-refractivity contribution in [3.63, 3.8) is 0 Å². The predicted molar refractivity (Wildman–Crippen MR) is 87.1 cm³/mol. The number of rotatable bonds is 4. The zero-order chi connectivity index (χ0) is 14.3. The molecule has 0 saturated heterocycles. The van der Waals surface area contributed by atoms with Crippen LogP contribution in [0.25, 0.3) is 11.8 Å². The lowest BCUT2D eigenvalue weighted by Crippen LogP contribution is -3.00. The molecule has 22 heavy (non-hydrogen) atoms. The van der Waals surface area contributed by atoms with Gasteiger partial charge >= 0.3 is 0 Å². The normalized spacial score (nSPS) is 10.2. The quantitative estimate of drug-likeness (QED) is 0.713. The first-order chi connectivity index (χ1) is 10.4. The zero-order valence-electron chi connectivity index (χ0n) is 12.1. The third kappa shape index (κ3) is 4.21. The van der Waals surface area contributed by atoms with Crippen molar-refractivity contribution in [2.45, 2.75) is 0 Å². The van der Waals surface area contributed by atoms with Gasteiger partial charge in [-0.25, -0.2) is 0 Å². The van der Waals surface area contributed by atoms with Crippen molar-refractivity contribution in [3.8, 4) is 5.69 Å². The Morgan fingerprint density at radius 2 is 1.32 bits per heavy atom. The first-order valence-electron chi connectivity index (χ1n) is 6.97. The standard InChI is InChI=1S/C19H16N2.ClH/c1-3-7-18(8-4-1)20-14-11-17-12-15-21(16-13-17)19-9-5-2-6-10-19;/h1-16H;1H. The van der Waals surface area contributed by atoms with Gasteiger partial charge in [0, 0.05) is 36.2 Å². The van der Waals surface area contributed by atoms with E-state index in [0.717, 1.165) is 16.9 Å². The fourth-order valence-electron chi connectivity index (χ4n) is 2.09. The van der Waals surface area contributed by atoms with Crippen LogP contribution in [0.1, 0.15) is 5.56 Å². The van der Waals surface area contributed by atoms with Crippen LogP contribution in [0.4, 0.5) is 5.69 Å². The lowest BCUT2D eigenvalue weighted by molar-refractivity contribution is -0.595. The molecule has 1 aromatic heterocycles. The fraction of sp³-hybridized carbons (Fsp3) is 0. The van der Waals surface area contributed by atoms with Gasteiger partial charge in [0.15, 0.2) is 12.4 Å². The first kappa shape index (κ1) is 15.8. The SMILES string of the molecule is C(=Cc1cc[n+](-c2ccccc2)cc1)Nc1ccccc1.[Cl-]. The average Bonchev–Trinajstić information content (AvgIpc) is 2.57. The second kappa shape index (κ2) is 8.01. The van der Waals surface area contributed by atoms with E-state index in [4.69, 9.17) is 0 Å². The summed E-state index contributed by atoms with van der Waals surface area (Å²) >= 11 is 0. The first-order valence-corrected chi connectivity index (χ1v) is 6.97. The summed E-state index contributed by atoms with van der Waals surface area (Å²) in [7, 11) is 0. The molecule has 1 heterocycles. The van der Waals surface area contributed by atoms with E-state index in [1.807, 2.05) is 54.7 Å². The molecule has 110 valence electrons. The average molecular weight is 309 g/mol. The van der Waals surface area contributed by atoms with Crippen molar-refractivity contribution >= 4 is 11.8 Å². The summed E-state index contributed by atoms with van der Waals surface area (Å²) in [4.78, 5) is 0. The van der Waals surface area contributed by atoms with Crippen LogP contribution in [0.3, 0.4) is 0 Å². The molecule has 0 fully saturated rings. The molecule has 3 heteroatoms. The van der Waals surface area contributed by atoms with Gasteiger partial charge in [0.05, 0.1) is 0 Å². The fourth-order valence-corrected chi connectivity index (χ4v) is 2.09. The van der Waals surface area contributed by atoms with Crippen molar-refractivity contribution in [1.82, 2.24) is 0 Å². The van der Waals surface area contributed by atoms with E-state index in [0.29, 0.717) is 0 Å². The molecule has 1 N–H and O–H groups in total. The van der Waals surface area contributed by atoms with Gasteiger partial charge < -0.3 is 17.7 Å². The Bertz CT molecular complexity index is 707. The van der Waals surface area contributed by atoms with Gasteiger partial charge in [0.2, 0.25) is 5.69 Å². The van der Waals surface area contributed by atoms with Crippen LogP contribution in [-0.4, -0.2) is 0 Å². The molecular formula is C19H17ClN2. The van der Waals surface area contributed by atoms with Gasteiger partial charge in [-0.1, -0.05) is 36.4 Å². The second-order valence-electron chi connectivity index (χ2n) is 4.72. The van der Waals surface area contributed by atoms with Gasteiger partial charge in [0.25, 0.3) is 0 Å². The number of pyridine rings is 1. The number of nitrogens with one attached hydrogen (secondary N) is 1. The molecular weight excluding hydrogens is 292 g/mol. The van der Waals surface area contributed by atoms with Crippen molar-refractivity contribution < 1.29 is 17.0 Å².